The highest BCUT2D eigenvalue weighted by Gasteiger charge is 2.26. The standard InChI is InChI=1S/C11H23N3O/c1-9(2)4-7-14-6-3-5-13-11(15)10(14)8-12/h9-10H,3-8,12H2,1-2H3,(H,13,15). The van der Waals surface area contributed by atoms with Gasteiger partial charge in [-0.15, -0.1) is 0 Å². The minimum absolute atomic E-state index is 0.0961. The van der Waals surface area contributed by atoms with Crippen molar-refractivity contribution in [2.75, 3.05) is 26.2 Å². The molecule has 0 saturated carbocycles. The maximum Gasteiger partial charge on any atom is 0.238 e. The van der Waals surface area contributed by atoms with Crippen molar-refractivity contribution in [3.63, 3.8) is 0 Å². The molecule has 1 fully saturated rings. The molecule has 3 N–H and O–H groups in total. The van der Waals surface area contributed by atoms with Gasteiger partial charge in [0.05, 0.1) is 0 Å². The predicted octanol–water partition coefficient (Wildman–Crippen LogP) is 0.182. The molecule has 0 aromatic heterocycles. The molecule has 1 rings (SSSR count). The Kier molecular flexibility index (Phi) is 5.05. The van der Waals surface area contributed by atoms with Crippen LogP contribution in [-0.4, -0.2) is 43.0 Å². The third-order valence-corrected chi connectivity index (χ3v) is 2.88. The van der Waals surface area contributed by atoms with Gasteiger partial charge < -0.3 is 11.1 Å². The molecule has 0 aromatic carbocycles. The van der Waals surface area contributed by atoms with Crippen molar-refractivity contribution in [1.82, 2.24) is 10.2 Å². The van der Waals surface area contributed by atoms with Crippen molar-refractivity contribution < 1.29 is 4.79 Å². The second-order valence-electron chi connectivity index (χ2n) is 4.61. The molecule has 1 saturated heterocycles. The normalized spacial score (nSPS) is 24.0. The smallest absolute Gasteiger partial charge is 0.238 e. The average Bonchev–Trinajstić information content (AvgIpc) is 2.36. The molecule has 1 aliphatic heterocycles. The van der Waals surface area contributed by atoms with Crippen molar-refractivity contribution in [2.45, 2.75) is 32.7 Å². The molecule has 1 atom stereocenters. The summed E-state index contributed by atoms with van der Waals surface area (Å²) < 4.78 is 0. The molecule has 0 bridgehead atoms. The molecular weight excluding hydrogens is 190 g/mol. The number of hydrogen-bond acceptors (Lipinski definition) is 3. The lowest BCUT2D eigenvalue weighted by Crippen LogP contribution is -2.49. The van der Waals surface area contributed by atoms with Crippen LogP contribution < -0.4 is 11.1 Å². The third kappa shape index (κ3) is 3.80. The van der Waals surface area contributed by atoms with Gasteiger partial charge in [-0.1, -0.05) is 13.8 Å². The fraction of sp³-hybridized carbons (Fsp3) is 0.909. The number of nitrogens with two attached hydrogens (primary N) is 1. The Balaban J connectivity index is 2.52. The van der Waals surface area contributed by atoms with Gasteiger partial charge in [-0.25, -0.2) is 0 Å². The first kappa shape index (κ1) is 12.5. The van der Waals surface area contributed by atoms with E-state index in [4.69, 9.17) is 5.73 Å². The lowest BCUT2D eigenvalue weighted by molar-refractivity contribution is -0.125. The Morgan fingerprint density at radius 3 is 2.93 bits per heavy atom. The lowest BCUT2D eigenvalue weighted by atomic mass is 10.1. The monoisotopic (exact) mass is 213 g/mol. The zero-order valence-electron chi connectivity index (χ0n) is 9.83. The summed E-state index contributed by atoms with van der Waals surface area (Å²) in [4.78, 5) is 13.9. The number of hydrogen-bond donors (Lipinski definition) is 2. The van der Waals surface area contributed by atoms with Crippen molar-refractivity contribution in [3.05, 3.63) is 0 Å². The molecule has 0 spiro atoms. The molecule has 1 unspecified atom stereocenters. The van der Waals surface area contributed by atoms with Gasteiger partial charge in [0.15, 0.2) is 0 Å². The first-order chi connectivity index (χ1) is 7.15. The summed E-state index contributed by atoms with van der Waals surface area (Å²) in [6.07, 6.45) is 2.16. The van der Waals surface area contributed by atoms with E-state index in [1.807, 2.05) is 0 Å². The van der Waals surface area contributed by atoms with Crippen molar-refractivity contribution in [3.8, 4) is 0 Å². The highest BCUT2D eigenvalue weighted by Crippen LogP contribution is 2.08. The predicted molar refractivity (Wildman–Crippen MR) is 61.5 cm³/mol. The molecule has 0 aromatic rings. The van der Waals surface area contributed by atoms with Crippen LogP contribution in [0.15, 0.2) is 0 Å². The van der Waals surface area contributed by atoms with E-state index in [0.29, 0.717) is 12.5 Å². The topological polar surface area (TPSA) is 58.4 Å². The van der Waals surface area contributed by atoms with E-state index >= 15 is 0 Å². The summed E-state index contributed by atoms with van der Waals surface area (Å²) in [6, 6.07) is -0.119. The van der Waals surface area contributed by atoms with Crippen LogP contribution in [0.25, 0.3) is 0 Å². The van der Waals surface area contributed by atoms with E-state index in [9.17, 15) is 4.79 Å². The fourth-order valence-electron chi connectivity index (χ4n) is 1.88. The maximum atomic E-state index is 11.7. The maximum absolute atomic E-state index is 11.7. The van der Waals surface area contributed by atoms with Crippen LogP contribution >= 0.6 is 0 Å². The largest absolute Gasteiger partial charge is 0.355 e. The van der Waals surface area contributed by atoms with E-state index in [-0.39, 0.29) is 11.9 Å². The van der Waals surface area contributed by atoms with E-state index in [1.54, 1.807) is 0 Å². The zero-order chi connectivity index (χ0) is 11.3. The summed E-state index contributed by atoms with van der Waals surface area (Å²) in [5, 5.41) is 2.90. The number of nitrogens with one attached hydrogen (secondary N) is 1. The van der Waals surface area contributed by atoms with Gasteiger partial charge in [0.25, 0.3) is 0 Å². The molecule has 4 heteroatoms. The molecular formula is C11H23N3O. The van der Waals surface area contributed by atoms with Crippen LogP contribution in [0.2, 0.25) is 0 Å². The first-order valence-corrected chi connectivity index (χ1v) is 5.87. The molecule has 88 valence electrons. The van der Waals surface area contributed by atoms with Crippen LogP contribution in [0, 0.1) is 5.92 Å². The average molecular weight is 213 g/mol. The quantitative estimate of drug-likeness (QED) is 0.700. The molecule has 0 aliphatic carbocycles. The van der Waals surface area contributed by atoms with E-state index in [2.05, 4.69) is 24.1 Å². The summed E-state index contributed by atoms with van der Waals surface area (Å²) in [5.41, 5.74) is 5.66. The summed E-state index contributed by atoms with van der Waals surface area (Å²) in [5.74, 6) is 0.772. The van der Waals surface area contributed by atoms with Gasteiger partial charge in [0.1, 0.15) is 6.04 Å². The highest BCUT2D eigenvalue weighted by atomic mass is 16.2. The molecule has 1 heterocycles. The summed E-state index contributed by atoms with van der Waals surface area (Å²) >= 11 is 0. The number of nitrogens with zero attached hydrogens (tertiary/aromatic N) is 1. The lowest BCUT2D eigenvalue weighted by Gasteiger charge is -2.27. The molecule has 0 radical (unpaired) electrons. The molecule has 4 nitrogen and oxygen atoms in total. The van der Waals surface area contributed by atoms with Crippen LogP contribution in [0.3, 0.4) is 0 Å². The van der Waals surface area contributed by atoms with Crippen LogP contribution in [0.4, 0.5) is 0 Å². The van der Waals surface area contributed by atoms with Gasteiger partial charge >= 0.3 is 0 Å². The summed E-state index contributed by atoms with van der Waals surface area (Å²) in [7, 11) is 0. The molecule has 1 aliphatic rings. The van der Waals surface area contributed by atoms with Gasteiger partial charge in [-0.05, 0) is 25.3 Å². The second-order valence-corrected chi connectivity index (χ2v) is 4.61. The Bertz CT molecular complexity index is 206. The highest BCUT2D eigenvalue weighted by molar-refractivity contribution is 5.82. The number of carbonyl (C=O) groups excluding carboxylic acids is 1. The van der Waals surface area contributed by atoms with Crippen LogP contribution in [0.1, 0.15) is 26.7 Å². The Hall–Kier alpha value is -0.610. The van der Waals surface area contributed by atoms with E-state index in [1.165, 1.54) is 0 Å². The molecule has 1 amide bonds. The van der Waals surface area contributed by atoms with E-state index in [0.717, 1.165) is 32.5 Å². The van der Waals surface area contributed by atoms with Crippen LogP contribution in [-0.2, 0) is 4.79 Å². The second kappa shape index (κ2) is 6.08. The van der Waals surface area contributed by atoms with Crippen molar-refractivity contribution in [2.24, 2.45) is 11.7 Å². The van der Waals surface area contributed by atoms with E-state index < -0.39 is 0 Å². The summed E-state index contributed by atoms with van der Waals surface area (Å²) in [6.45, 7) is 7.57. The van der Waals surface area contributed by atoms with Gasteiger partial charge in [-0.2, -0.15) is 0 Å². The number of carbonyl (C=O) groups is 1. The first-order valence-electron chi connectivity index (χ1n) is 5.87. The molecule has 15 heavy (non-hydrogen) atoms. The van der Waals surface area contributed by atoms with Gasteiger partial charge in [-0.3, -0.25) is 9.69 Å². The van der Waals surface area contributed by atoms with Crippen LogP contribution in [0.5, 0.6) is 0 Å². The number of amides is 1. The third-order valence-electron chi connectivity index (χ3n) is 2.88. The Morgan fingerprint density at radius 2 is 2.33 bits per heavy atom. The van der Waals surface area contributed by atoms with Gasteiger partial charge in [0.2, 0.25) is 5.91 Å². The Labute approximate surface area is 92.2 Å². The Morgan fingerprint density at radius 1 is 1.60 bits per heavy atom. The fourth-order valence-corrected chi connectivity index (χ4v) is 1.88. The minimum atomic E-state index is -0.119. The minimum Gasteiger partial charge on any atom is -0.355 e. The van der Waals surface area contributed by atoms with Crippen molar-refractivity contribution >= 4 is 5.91 Å². The van der Waals surface area contributed by atoms with Crippen molar-refractivity contribution in [1.29, 1.82) is 0 Å². The number of rotatable bonds is 4. The SMILES string of the molecule is CC(C)CCN1CCCNC(=O)C1CN. The zero-order valence-corrected chi connectivity index (χ0v) is 9.83. The van der Waals surface area contributed by atoms with Gasteiger partial charge in [0, 0.05) is 19.6 Å².